The number of nitro groups is 1. The normalized spacial score (nSPS) is 17.2. The molecule has 1 aliphatic rings. The molecular formula is C26H18ClN3O5S. The van der Waals surface area contributed by atoms with E-state index in [4.69, 9.17) is 11.6 Å². The summed E-state index contributed by atoms with van der Waals surface area (Å²) in [7, 11) is 0. The van der Waals surface area contributed by atoms with Gasteiger partial charge in [0.25, 0.3) is 11.5 Å². The Hall–Kier alpha value is -4.08. The maximum Gasteiger partial charge on any atom is 0.301 e. The van der Waals surface area contributed by atoms with Gasteiger partial charge in [0.05, 0.1) is 26.8 Å². The lowest BCUT2D eigenvalue weighted by molar-refractivity contribution is -0.384. The highest BCUT2D eigenvalue weighted by atomic mass is 35.5. The summed E-state index contributed by atoms with van der Waals surface area (Å²) in [4.78, 5) is 43.2. The number of fused-ring (bicyclic) bond motifs is 1. The summed E-state index contributed by atoms with van der Waals surface area (Å²) in [6, 6.07) is 15.0. The number of amides is 1. The van der Waals surface area contributed by atoms with E-state index < -0.39 is 22.7 Å². The number of hydrogen-bond acceptors (Lipinski definition) is 7. The number of carbonyl (C=O) groups is 2. The Bertz CT molecular complexity index is 1610. The molecule has 8 nitrogen and oxygen atoms in total. The van der Waals surface area contributed by atoms with Crippen molar-refractivity contribution in [1.29, 1.82) is 0 Å². The number of ketones is 1. The van der Waals surface area contributed by atoms with Crippen molar-refractivity contribution in [2.24, 2.45) is 0 Å². The molecule has 1 atom stereocenters. The van der Waals surface area contributed by atoms with Gasteiger partial charge in [-0.3, -0.25) is 24.6 Å². The van der Waals surface area contributed by atoms with Crippen LogP contribution in [0.2, 0.25) is 5.02 Å². The fraction of sp³-hybridized carbons (Fsp3) is 0.115. The van der Waals surface area contributed by atoms with Crippen LogP contribution in [-0.4, -0.2) is 26.7 Å². The standard InChI is InChI=1S/C26H18ClN3O5S/c1-13-3-4-14(2)18(11-13)23(31)21-22(15-5-8-17(9-6-15)30(34)35)29(25(33)24(21)32)26-28-19-10-7-16(27)12-20(19)36-26/h3-12,22,31H,1-2H3. The van der Waals surface area contributed by atoms with E-state index in [2.05, 4.69) is 4.98 Å². The van der Waals surface area contributed by atoms with Crippen molar-refractivity contribution in [2.45, 2.75) is 19.9 Å². The van der Waals surface area contributed by atoms with Crippen molar-refractivity contribution >= 4 is 61.4 Å². The van der Waals surface area contributed by atoms with Crippen LogP contribution in [0, 0.1) is 24.0 Å². The minimum absolute atomic E-state index is 0.111. The highest BCUT2D eigenvalue weighted by Crippen LogP contribution is 2.45. The molecule has 0 spiro atoms. The highest BCUT2D eigenvalue weighted by molar-refractivity contribution is 7.22. The summed E-state index contributed by atoms with van der Waals surface area (Å²) < 4.78 is 0.719. The molecule has 36 heavy (non-hydrogen) atoms. The Labute approximate surface area is 214 Å². The van der Waals surface area contributed by atoms with E-state index in [1.807, 2.05) is 19.1 Å². The average molecular weight is 520 g/mol. The van der Waals surface area contributed by atoms with Gasteiger partial charge in [-0.25, -0.2) is 4.98 Å². The number of halogens is 1. The molecule has 1 saturated heterocycles. The number of aromatic nitrogens is 1. The van der Waals surface area contributed by atoms with E-state index in [-0.39, 0.29) is 22.2 Å². The molecule has 10 heteroatoms. The summed E-state index contributed by atoms with van der Waals surface area (Å²) in [5.74, 6) is -2.03. The molecule has 1 unspecified atom stereocenters. The number of aryl methyl sites for hydroxylation is 2. The Morgan fingerprint density at radius 3 is 2.50 bits per heavy atom. The molecule has 2 heterocycles. The van der Waals surface area contributed by atoms with Crippen molar-refractivity contribution in [3.63, 3.8) is 0 Å². The van der Waals surface area contributed by atoms with Gasteiger partial charge >= 0.3 is 5.91 Å². The number of Topliss-reactive ketones (excluding diaryl/α,β-unsaturated/α-hetero) is 1. The average Bonchev–Trinajstić information content (AvgIpc) is 3.38. The molecule has 0 aliphatic carbocycles. The molecule has 1 aliphatic heterocycles. The zero-order valence-corrected chi connectivity index (χ0v) is 20.6. The van der Waals surface area contributed by atoms with Crippen molar-refractivity contribution in [1.82, 2.24) is 4.98 Å². The summed E-state index contributed by atoms with van der Waals surface area (Å²) >= 11 is 7.29. The fourth-order valence-electron chi connectivity index (χ4n) is 4.25. The maximum absolute atomic E-state index is 13.4. The SMILES string of the molecule is Cc1ccc(C)c(C(O)=C2C(=O)C(=O)N(c3nc4ccc(Cl)cc4s3)C2c2ccc([N+](=O)[O-])cc2)c1. The quantitative estimate of drug-likeness (QED) is 0.114. The second-order valence-electron chi connectivity index (χ2n) is 8.44. The van der Waals surface area contributed by atoms with E-state index >= 15 is 0 Å². The molecule has 1 aromatic heterocycles. The van der Waals surface area contributed by atoms with Crippen LogP contribution in [-0.2, 0) is 9.59 Å². The number of nitro benzene ring substituents is 1. The van der Waals surface area contributed by atoms with Crippen molar-refractivity contribution in [3.8, 4) is 0 Å². The third-order valence-corrected chi connectivity index (χ3v) is 7.31. The first-order valence-corrected chi connectivity index (χ1v) is 12.0. The predicted octanol–water partition coefficient (Wildman–Crippen LogP) is 6.10. The lowest BCUT2D eigenvalue weighted by Gasteiger charge is -2.23. The van der Waals surface area contributed by atoms with Crippen LogP contribution in [0.1, 0.15) is 28.3 Å². The number of carbonyl (C=O) groups excluding carboxylic acids is 2. The highest BCUT2D eigenvalue weighted by Gasteiger charge is 2.48. The monoisotopic (exact) mass is 519 g/mol. The van der Waals surface area contributed by atoms with Crippen LogP contribution < -0.4 is 4.90 Å². The third-order valence-electron chi connectivity index (χ3n) is 6.06. The molecule has 1 amide bonds. The molecular weight excluding hydrogens is 502 g/mol. The van der Waals surface area contributed by atoms with Crippen LogP contribution in [0.25, 0.3) is 16.0 Å². The minimum Gasteiger partial charge on any atom is -0.507 e. The van der Waals surface area contributed by atoms with Gasteiger partial charge in [0, 0.05) is 22.7 Å². The van der Waals surface area contributed by atoms with Crippen molar-refractivity contribution < 1.29 is 19.6 Å². The zero-order chi connectivity index (χ0) is 25.7. The summed E-state index contributed by atoms with van der Waals surface area (Å²) in [6.45, 7) is 3.65. The lowest BCUT2D eigenvalue weighted by Crippen LogP contribution is -2.29. The van der Waals surface area contributed by atoms with Gasteiger partial charge in [-0.1, -0.05) is 40.6 Å². The molecule has 0 saturated carbocycles. The van der Waals surface area contributed by atoms with E-state index in [1.54, 1.807) is 31.2 Å². The van der Waals surface area contributed by atoms with Crippen LogP contribution in [0.15, 0.2) is 66.2 Å². The zero-order valence-electron chi connectivity index (χ0n) is 19.1. The maximum atomic E-state index is 13.4. The van der Waals surface area contributed by atoms with Gasteiger partial charge in [-0.2, -0.15) is 0 Å². The van der Waals surface area contributed by atoms with E-state index in [1.165, 1.54) is 40.5 Å². The van der Waals surface area contributed by atoms with Gasteiger partial charge in [0.1, 0.15) is 5.76 Å². The first-order valence-electron chi connectivity index (χ1n) is 10.8. The van der Waals surface area contributed by atoms with Crippen LogP contribution in [0.4, 0.5) is 10.8 Å². The molecule has 3 aromatic carbocycles. The van der Waals surface area contributed by atoms with Crippen LogP contribution >= 0.6 is 22.9 Å². The van der Waals surface area contributed by atoms with E-state index in [0.29, 0.717) is 21.7 Å². The Balaban J connectivity index is 1.75. The van der Waals surface area contributed by atoms with Gasteiger partial charge < -0.3 is 5.11 Å². The first kappa shape index (κ1) is 23.7. The number of nitrogens with zero attached hydrogens (tertiary/aromatic N) is 3. The molecule has 180 valence electrons. The largest absolute Gasteiger partial charge is 0.507 e. The fourth-order valence-corrected chi connectivity index (χ4v) is 5.52. The smallest absolute Gasteiger partial charge is 0.301 e. The number of anilines is 1. The first-order chi connectivity index (χ1) is 17.2. The molecule has 1 N–H and O–H groups in total. The van der Waals surface area contributed by atoms with Crippen molar-refractivity contribution in [3.05, 3.63) is 104 Å². The molecule has 4 aromatic rings. The lowest BCUT2D eigenvalue weighted by atomic mass is 9.93. The topological polar surface area (TPSA) is 114 Å². The molecule has 0 bridgehead atoms. The van der Waals surface area contributed by atoms with Crippen LogP contribution in [0.5, 0.6) is 0 Å². The number of hydrogen-bond donors (Lipinski definition) is 1. The number of aliphatic hydroxyl groups is 1. The van der Waals surface area contributed by atoms with Gasteiger partial charge in [0.2, 0.25) is 0 Å². The van der Waals surface area contributed by atoms with Crippen LogP contribution in [0.3, 0.4) is 0 Å². The van der Waals surface area contributed by atoms with E-state index in [9.17, 15) is 24.8 Å². The second kappa shape index (κ2) is 8.85. The Morgan fingerprint density at radius 1 is 1.08 bits per heavy atom. The number of aliphatic hydroxyl groups excluding tert-OH is 1. The summed E-state index contributed by atoms with van der Waals surface area (Å²) in [5, 5.41) is 23.3. The van der Waals surface area contributed by atoms with E-state index in [0.717, 1.165) is 15.8 Å². The molecule has 0 radical (unpaired) electrons. The molecule has 5 rings (SSSR count). The van der Waals surface area contributed by atoms with Gasteiger partial charge in [-0.15, -0.1) is 0 Å². The van der Waals surface area contributed by atoms with Gasteiger partial charge in [-0.05, 0) is 61.4 Å². The number of benzene rings is 3. The van der Waals surface area contributed by atoms with Crippen molar-refractivity contribution in [2.75, 3.05) is 4.90 Å². The Morgan fingerprint density at radius 2 is 1.81 bits per heavy atom. The number of rotatable bonds is 4. The second-order valence-corrected chi connectivity index (χ2v) is 9.89. The predicted molar refractivity (Wildman–Crippen MR) is 138 cm³/mol. The summed E-state index contributed by atoms with van der Waals surface area (Å²) in [5.41, 5.74) is 2.78. The number of non-ortho nitro benzene ring substituents is 1. The Kier molecular flexibility index (Phi) is 5.82. The third kappa shape index (κ3) is 3.92. The minimum atomic E-state index is -1.04. The summed E-state index contributed by atoms with van der Waals surface area (Å²) in [6.07, 6.45) is 0. The molecule has 1 fully saturated rings. The number of thiazole rings is 1. The van der Waals surface area contributed by atoms with Gasteiger partial charge in [0.15, 0.2) is 5.13 Å².